The topological polar surface area (TPSA) is 180 Å². The number of fused-ring (bicyclic) bond motifs is 2. The van der Waals surface area contributed by atoms with E-state index in [0.29, 0.717) is 49.4 Å². The first-order chi connectivity index (χ1) is 29.0. The molecule has 5 heterocycles. The number of benzene rings is 3. The number of anilines is 5. The van der Waals surface area contributed by atoms with E-state index >= 15 is 4.39 Å². The predicted molar refractivity (Wildman–Crippen MR) is 227 cm³/mol. The molecule has 4 aliphatic rings. The largest absolute Gasteiger partial charge is 0.374 e. The van der Waals surface area contributed by atoms with Crippen LogP contribution in [0.1, 0.15) is 74.7 Å². The average Bonchev–Trinajstić information content (AvgIpc) is 3.47. The maximum Gasteiger partial charge on any atom is 0.257 e. The summed E-state index contributed by atoms with van der Waals surface area (Å²) in [6.07, 6.45) is 3.72. The fraction of sp³-hybridized carbons (Fsp3) is 0.333. The van der Waals surface area contributed by atoms with Gasteiger partial charge in [-0.05, 0) is 117 Å². The first-order valence-electron chi connectivity index (χ1n) is 20.5. The number of nitrogens with two attached hydrogens (primary N) is 1. The Balaban J connectivity index is 0.820. The van der Waals surface area contributed by atoms with E-state index in [1.54, 1.807) is 16.8 Å². The van der Waals surface area contributed by atoms with Gasteiger partial charge in [0.25, 0.3) is 11.8 Å². The Morgan fingerprint density at radius 1 is 0.900 bits per heavy atom. The minimum atomic E-state index is -0.740. The van der Waals surface area contributed by atoms with Gasteiger partial charge in [0.2, 0.25) is 11.8 Å². The van der Waals surface area contributed by atoms with E-state index in [4.69, 9.17) is 10.8 Å². The molecule has 9 rings (SSSR count). The summed E-state index contributed by atoms with van der Waals surface area (Å²) in [6.45, 7) is 7.57. The number of halogens is 1. The summed E-state index contributed by atoms with van der Waals surface area (Å²) in [6, 6.07) is 23.1. The lowest BCUT2D eigenvalue weighted by Crippen LogP contribution is -2.53. The number of hydrogen-bond acceptors (Lipinski definition) is 10. The number of aryl methyl sites for hydroxylation is 3. The molecular weight excluding hydrogens is 764 g/mol. The lowest BCUT2D eigenvalue weighted by atomic mass is 9.75. The van der Waals surface area contributed by atoms with Crippen LogP contribution in [0.5, 0.6) is 0 Å². The predicted octanol–water partition coefficient (Wildman–Crippen LogP) is 5.64. The SMILES string of the molecule is Cc1cccc(NC(=O)c2ccc(-c3nn4c(c3C(N)=O)Nc3ccc(N5CCN(C6CC(c7ccc(N[C@H]8CCC(=O)NC8=O)cc7)C6)CC5)cc3CC4)c(F)c2C)n1. The minimum absolute atomic E-state index is 0.0799. The van der Waals surface area contributed by atoms with Crippen molar-refractivity contribution < 1.29 is 23.6 Å². The van der Waals surface area contributed by atoms with E-state index in [0.717, 1.165) is 67.3 Å². The molecular formula is C45H47FN10O4. The molecule has 6 N–H and O–H groups in total. The van der Waals surface area contributed by atoms with Gasteiger partial charge in [-0.2, -0.15) is 5.10 Å². The second-order valence-corrected chi connectivity index (χ2v) is 16.2. The van der Waals surface area contributed by atoms with Gasteiger partial charge in [0.15, 0.2) is 0 Å². The molecule has 60 heavy (non-hydrogen) atoms. The van der Waals surface area contributed by atoms with E-state index in [9.17, 15) is 19.2 Å². The van der Waals surface area contributed by atoms with Crippen LogP contribution in [-0.2, 0) is 22.6 Å². The molecule has 308 valence electrons. The van der Waals surface area contributed by atoms with E-state index in [1.807, 2.05) is 31.2 Å². The van der Waals surface area contributed by atoms with Crippen LogP contribution in [0.15, 0.2) is 72.8 Å². The van der Waals surface area contributed by atoms with Crippen LogP contribution in [-0.4, -0.2) is 81.6 Å². The highest BCUT2D eigenvalue weighted by atomic mass is 19.1. The summed E-state index contributed by atoms with van der Waals surface area (Å²) < 4.78 is 17.8. The zero-order valence-electron chi connectivity index (χ0n) is 33.6. The van der Waals surface area contributed by atoms with Crippen LogP contribution in [0.2, 0.25) is 0 Å². The molecule has 2 aromatic heterocycles. The number of piperidine rings is 1. The van der Waals surface area contributed by atoms with Crippen LogP contribution in [0.3, 0.4) is 0 Å². The molecule has 1 atom stereocenters. The van der Waals surface area contributed by atoms with Crippen molar-refractivity contribution in [3.63, 3.8) is 0 Å². The zero-order chi connectivity index (χ0) is 41.7. The number of piperazine rings is 1. The third-order valence-corrected chi connectivity index (χ3v) is 12.4. The minimum Gasteiger partial charge on any atom is -0.374 e. The van der Waals surface area contributed by atoms with Gasteiger partial charge in [-0.25, -0.2) is 14.1 Å². The summed E-state index contributed by atoms with van der Waals surface area (Å²) >= 11 is 0. The highest BCUT2D eigenvalue weighted by Crippen LogP contribution is 2.41. The second-order valence-electron chi connectivity index (χ2n) is 16.2. The summed E-state index contributed by atoms with van der Waals surface area (Å²) in [5, 5.41) is 16.5. The third-order valence-electron chi connectivity index (χ3n) is 12.4. The van der Waals surface area contributed by atoms with E-state index < -0.39 is 17.6 Å². The number of pyridine rings is 1. The Kier molecular flexibility index (Phi) is 10.3. The molecule has 2 saturated heterocycles. The normalized spacial score (nSPS) is 20.2. The van der Waals surface area contributed by atoms with Gasteiger partial charge >= 0.3 is 0 Å². The Morgan fingerprint density at radius 2 is 1.68 bits per heavy atom. The van der Waals surface area contributed by atoms with Crippen LogP contribution in [0, 0.1) is 19.7 Å². The van der Waals surface area contributed by atoms with Crippen molar-refractivity contribution in [1.29, 1.82) is 0 Å². The molecule has 0 unspecified atom stereocenters. The fourth-order valence-electron chi connectivity index (χ4n) is 8.93. The monoisotopic (exact) mass is 810 g/mol. The number of hydrogen-bond donors (Lipinski definition) is 5. The fourth-order valence-corrected chi connectivity index (χ4v) is 8.93. The van der Waals surface area contributed by atoms with Gasteiger partial charge in [0, 0.05) is 79.1 Å². The summed E-state index contributed by atoms with van der Waals surface area (Å²) in [5.41, 5.74) is 12.5. The van der Waals surface area contributed by atoms with E-state index in [-0.39, 0.29) is 45.8 Å². The number of nitrogens with zero attached hydrogens (tertiary/aromatic N) is 5. The average molecular weight is 811 g/mol. The van der Waals surface area contributed by atoms with Crippen LogP contribution in [0.25, 0.3) is 11.3 Å². The molecule has 3 fully saturated rings. The molecule has 3 aliphatic heterocycles. The Bertz CT molecular complexity index is 2520. The summed E-state index contributed by atoms with van der Waals surface area (Å²) in [7, 11) is 0. The zero-order valence-corrected chi connectivity index (χ0v) is 33.6. The van der Waals surface area contributed by atoms with Gasteiger partial charge in [0.05, 0.1) is 0 Å². The van der Waals surface area contributed by atoms with Crippen LogP contribution >= 0.6 is 0 Å². The number of nitrogens with one attached hydrogen (secondary N) is 4. The van der Waals surface area contributed by atoms with Crippen molar-refractivity contribution in [3.8, 4) is 11.3 Å². The molecule has 0 radical (unpaired) electrons. The van der Waals surface area contributed by atoms with Gasteiger partial charge in [-0.3, -0.25) is 29.4 Å². The van der Waals surface area contributed by atoms with Crippen molar-refractivity contribution >= 4 is 52.3 Å². The number of imide groups is 1. The number of amides is 4. The lowest BCUT2D eigenvalue weighted by Gasteiger charge is -2.47. The smallest absolute Gasteiger partial charge is 0.257 e. The number of rotatable bonds is 9. The maximum atomic E-state index is 16.1. The van der Waals surface area contributed by atoms with Crippen molar-refractivity contribution in [1.82, 2.24) is 25.0 Å². The van der Waals surface area contributed by atoms with Gasteiger partial charge in [-0.1, -0.05) is 18.2 Å². The van der Waals surface area contributed by atoms with Crippen molar-refractivity contribution in [2.45, 2.75) is 70.5 Å². The molecule has 1 saturated carbocycles. The van der Waals surface area contributed by atoms with Crippen LogP contribution < -0.4 is 31.9 Å². The summed E-state index contributed by atoms with van der Waals surface area (Å²) in [4.78, 5) is 59.0. The highest BCUT2D eigenvalue weighted by molar-refractivity contribution is 6.07. The quantitative estimate of drug-likeness (QED) is 0.117. The molecule has 0 bridgehead atoms. The van der Waals surface area contributed by atoms with Crippen molar-refractivity contribution in [2.24, 2.45) is 5.73 Å². The first kappa shape index (κ1) is 38.9. The second kappa shape index (κ2) is 15.9. The first-order valence-corrected chi connectivity index (χ1v) is 20.5. The molecule has 4 amide bonds. The lowest BCUT2D eigenvalue weighted by molar-refractivity contribution is -0.133. The maximum absolute atomic E-state index is 16.1. The van der Waals surface area contributed by atoms with Crippen LogP contribution in [0.4, 0.5) is 33.1 Å². The number of primary amides is 1. The molecule has 0 spiro atoms. The van der Waals surface area contributed by atoms with E-state index in [1.165, 1.54) is 24.6 Å². The molecule has 3 aromatic carbocycles. The van der Waals surface area contributed by atoms with E-state index in [2.05, 4.69) is 60.3 Å². The van der Waals surface area contributed by atoms with Crippen molar-refractivity contribution in [3.05, 3.63) is 112 Å². The Morgan fingerprint density at radius 3 is 2.42 bits per heavy atom. The van der Waals surface area contributed by atoms with Gasteiger partial charge in [0.1, 0.15) is 34.8 Å². The Hall–Kier alpha value is -6.61. The van der Waals surface area contributed by atoms with Gasteiger partial charge in [-0.15, -0.1) is 0 Å². The number of aromatic nitrogens is 3. The molecule has 1 aliphatic carbocycles. The summed E-state index contributed by atoms with van der Waals surface area (Å²) in [5.74, 6) is -1.10. The Labute approximate surface area is 346 Å². The molecule has 15 heteroatoms. The standard InChI is InChI=1S/C45H47FN10O4/c1-25-4-3-5-37(48-25)51-44(59)33-11-12-34(40(46)26(33)2)41-39(42(47)58)43-50-35-13-10-31(22-28(35)16-17-56(43)53-41)54-18-20-55(21-19-54)32-23-29(24-32)27-6-8-30(9-7-27)49-36-14-15-38(57)52-45(36)60/h3-13,22,29,32,36,49-50H,14-21,23-24H2,1-2H3,(H2,47,58)(H,48,51,59)(H,52,57,60)/t29?,32?,36-/m0/s1. The molecule has 5 aromatic rings. The third kappa shape index (κ3) is 7.56. The van der Waals surface area contributed by atoms with Crippen molar-refractivity contribution in [2.75, 3.05) is 47.0 Å². The number of carbonyl (C=O) groups excluding carboxylic acids is 4. The van der Waals surface area contributed by atoms with Gasteiger partial charge < -0.3 is 26.6 Å². The number of carbonyl (C=O) groups is 4. The molecule has 14 nitrogen and oxygen atoms in total. The highest BCUT2D eigenvalue weighted by Gasteiger charge is 2.36.